The molecule has 4 atom stereocenters. The van der Waals surface area contributed by atoms with Gasteiger partial charge in [0.05, 0.1) is 11.2 Å². The van der Waals surface area contributed by atoms with Crippen molar-refractivity contribution in [2.75, 3.05) is 44.6 Å². The Kier molecular flexibility index (Phi) is 7.01. The Labute approximate surface area is 222 Å². The lowest BCUT2D eigenvalue weighted by Gasteiger charge is -2.37. The molecular weight excluding hydrogens is 484 g/mol. The van der Waals surface area contributed by atoms with Crippen LogP contribution in [-0.4, -0.2) is 93.1 Å². The molecule has 1 saturated carbocycles. The second kappa shape index (κ2) is 10.1. The number of hydrogen-bond donors (Lipinski definition) is 3. The monoisotopic (exact) mass is 522 g/mol. The van der Waals surface area contributed by atoms with Gasteiger partial charge in [0.25, 0.3) is 0 Å². The maximum Gasteiger partial charge on any atom is 0.354 e. The van der Waals surface area contributed by atoms with Crippen molar-refractivity contribution in [2.45, 2.75) is 44.8 Å². The van der Waals surface area contributed by atoms with Crippen molar-refractivity contribution in [3.8, 4) is 5.69 Å². The van der Waals surface area contributed by atoms with Crippen LogP contribution >= 0.6 is 0 Å². The van der Waals surface area contributed by atoms with Crippen LogP contribution in [-0.2, 0) is 11.2 Å². The van der Waals surface area contributed by atoms with Crippen LogP contribution in [0.3, 0.4) is 0 Å². The molecule has 11 heteroatoms. The highest BCUT2D eigenvalue weighted by Crippen LogP contribution is 2.44. The van der Waals surface area contributed by atoms with Crippen LogP contribution in [0.25, 0.3) is 5.69 Å². The number of nitrogens with one attached hydrogen (secondary N) is 1. The van der Waals surface area contributed by atoms with E-state index in [0.29, 0.717) is 55.8 Å². The van der Waals surface area contributed by atoms with Crippen LogP contribution in [0.2, 0.25) is 0 Å². The molecule has 3 heterocycles. The highest BCUT2D eigenvalue weighted by Gasteiger charge is 2.54. The number of carbonyl (C=O) groups excluding carboxylic acids is 2. The minimum atomic E-state index is -0.944. The van der Waals surface area contributed by atoms with Gasteiger partial charge in [0.2, 0.25) is 5.91 Å². The van der Waals surface area contributed by atoms with Gasteiger partial charge in [0.15, 0.2) is 0 Å². The van der Waals surface area contributed by atoms with Crippen LogP contribution in [0.15, 0.2) is 41.3 Å². The first kappa shape index (κ1) is 26.3. The van der Waals surface area contributed by atoms with E-state index in [1.807, 2.05) is 24.3 Å². The second-order valence-corrected chi connectivity index (χ2v) is 11.5. The van der Waals surface area contributed by atoms with Crippen LogP contribution < -0.4 is 22.5 Å². The number of carbonyl (C=O) groups is 2. The maximum atomic E-state index is 12.7. The maximum absolute atomic E-state index is 12.7. The number of piperazine rings is 1. The minimum Gasteiger partial charge on any atom is -0.338 e. The molecule has 1 aliphatic carbocycles. The average molecular weight is 523 g/mol. The quantitative estimate of drug-likeness (QED) is 0.500. The zero-order valence-corrected chi connectivity index (χ0v) is 22.3. The van der Waals surface area contributed by atoms with Crippen LogP contribution in [0.5, 0.6) is 0 Å². The van der Waals surface area contributed by atoms with Gasteiger partial charge in [-0.2, -0.15) is 4.98 Å². The van der Waals surface area contributed by atoms with E-state index in [-0.39, 0.29) is 17.8 Å². The molecular formula is C27H38N8O3. The Morgan fingerprint density at radius 2 is 1.66 bits per heavy atom. The number of likely N-dealkylation sites (tertiary alicyclic amines) is 1. The lowest BCUT2D eigenvalue weighted by molar-refractivity contribution is -0.137. The third kappa shape index (κ3) is 5.45. The SMILES string of the molecule is CC(Cc1ccc(-n2ccc(NC(=O)N3CCN(C(=O)C(C)(C)N)CC3)nc2=O)cc1)N1C[C@@H]2C(N)[C@@H]2C1. The van der Waals surface area contributed by atoms with E-state index in [9.17, 15) is 14.4 Å². The molecule has 0 bridgehead atoms. The van der Waals surface area contributed by atoms with Crippen LogP contribution in [0.4, 0.5) is 10.6 Å². The first-order valence-electron chi connectivity index (χ1n) is 13.3. The fourth-order valence-electron chi connectivity index (χ4n) is 5.61. The Morgan fingerprint density at radius 1 is 1.05 bits per heavy atom. The fourth-order valence-corrected chi connectivity index (χ4v) is 5.61. The summed E-state index contributed by atoms with van der Waals surface area (Å²) in [6, 6.07) is 10.0. The molecule has 11 nitrogen and oxygen atoms in total. The van der Waals surface area contributed by atoms with Crippen molar-refractivity contribution < 1.29 is 9.59 Å². The van der Waals surface area contributed by atoms with Gasteiger partial charge in [-0.1, -0.05) is 12.1 Å². The number of nitrogens with two attached hydrogens (primary N) is 2. The molecule has 204 valence electrons. The predicted octanol–water partition coefficient (Wildman–Crippen LogP) is 0.466. The summed E-state index contributed by atoms with van der Waals surface area (Å²) in [5, 5.41) is 2.69. The van der Waals surface area contributed by atoms with Gasteiger partial charge in [-0.05, 0) is 62.8 Å². The summed E-state index contributed by atoms with van der Waals surface area (Å²) in [4.78, 5) is 47.6. The average Bonchev–Trinajstić information content (AvgIpc) is 3.26. The number of aromatic nitrogens is 2. The Hall–Kier alpha value is -3.28. The Bertz CT molecular complexity index is 1230. The number of urea groups is 1. The number of benzene rings is 1. The van der Waals surface area contributed by atoms with E-state index in [1.165, 1.54) is 10.1 Å². The topological polar surface area (TPSA) is 143 Å². The van der Waals surface area contributed by atoms with E-state index >= 15 is 0 Å². The van der Waals surface area contributed by atoms with Gasteiger partial charge in [-0.3, -0.25) is 19.6 Å². The standard InChI is InChI=1S/C27H38N8O3/c1-17(34-15-20-21(16-34)23(20)28)14-18-4-6-19(7-5-18)35-9-8-22(31-26(35)38)30-25(37)33-12-10-32(11-13-33)24(36)27(2,3)29/h4-9,17,20-21,23H,10-16,28-29H2,1-3H3,(H,30,31,37,38)/t17?,20-,21+,23?. The second-order valence-electron chi connectivity index (χ2n) is 11.5. The summed E-state index contributed by atoms with van der Waals surface area (Å²) in [5.41, 5.74) is 12.5. The van der Waals surface area contributed by atoms with Gasteiger partial charge >= 0.3 is 11.7 Å². The van der Waals surface area contributed by atoms with Gasteiger partial charge in [0.1, 0.15) is 5.82 Å². The highest BCUT2D eigenvalue weighted by atomic mass is 16.2. The molecule has 3 aliphatic rings. The molecule has 3 fully saturated rings. The Balaban J connectivity index is 1.14. The summed E-state index contributed by atoms with van der Waals surface area (Å²) in [7, 11) is 0. The summed E-state index contributed by atoms with van der Waals surface area (Å²) in [6.45, 7) is 9.36. The molecule has 2 unspecified atom stereocenters. The van der Waals surface area contributed by atoms with Crippen LogP contribution in [0, 0.1) is 11.8 Å². The molecule has 2 aliphatic heterocycles. The molecule has 1 aromatic heterocycles. The zero-order valence-electron chi connectivity index (χ0n) is 22.3. The first-order valence-corrected chi connectivity index (χ1v) is 13.3. The van der Waals surface area contributed by atoms with E-state index in [0.717, 1.165) is 19.5 Å². The fraction of sp³-hybridized carbons (Fsp3) is 0.556. The molecule has 5 rings (SSSR count). The van der Waals surface area contributed by atoms with E-state index in [4.69, 9.17) is 11.5 Å². The smallest absolute Gasteiger partial charge is 0.338 e. The molecule has 0 spiro atoms. The van der Waals surface area contributed by atoms with Crippen molar-refractivity contribution in [3.05, 3.63) is 52.6 Å². The van der Waals surface area contributed by atoms with Gasteiger partial charge < -0.3 is 21.3 Å². The molecule has 2 saturated heterocycles. The number of rotatable bonds is 6. The summed E-state index contributed by atoms with van der Waals surface area (Å²) < 4.78 is 1.46. The number of anilines is 1. The third-order valence-electron chi connectivity index (χ3n) is 8.10. The van der Waals surface area contributed by atoms with E-state index in [2.05, 4.69) is 22.1 Å². The van der Waals surface area contributed by atoms with Crippen molar-refractivity contribution in [1.82, 2.24) is 24.3 Å². The molecule has 0 radical (unpaired) electrons. The molecule has 1 aromatic carbocycles. The van der Waals surface area contributed by atoms with Gasteiger partial charge in [0, 0.05) is 57.5 Å². The first-order chi connectivity index (χ1) is 18.0. The highest BCUT2D eigenvalue weighted by molar-refractivity contribution is 5.89. The largest absolute Gasteiger partial charge is 0.354 e. The summed E-state index contributed by atoms with van der Waals surface area (Å²) in [6.07, 6.45) is 2.56. The van der Waals surface area contributed by atoms with Gasteiger partial charge in [-0.15, -0.1) is 0 Å². The number of hydrogen-bond acceptors (Lipinski definition) is 7. The molecule has 38 heavy (non-hydrogen) atoms. The van der Waals surface area contributed by atoms with Crippen molar-refractivity contribution in [2.24, 2.45) is 23.3 Å². The van der Waals surface area contributed by atoms with Gasteiger partial charge in [-0.25, -0.2) is 9.59 Å². The molecule has 2 aromatic rings. The van der Waals surface area contributed by atoms with E-state index in [1.54, 1.807) is 35.9 Å². The normalized spacial score (nSPS) is 24.2. The predicted molar refractivity (Wildman–Crippen MR) is 145 cm³/mol. The minimum absolute atomic E-state index is 0.140. The van der Waals surface area contributed by atoms with Crippen LogP contribution in [0.1, 0.15) is 26.3 Å². The van der Waals surface area contributed by atoms with Crippen molar-refractivity contribution in [3.63, 3.8) is 0 Å². The lowest BCUT2D eigenvalue weighted by atomic mass is 10.1. The number of piperidine rings is 1. The lowest BCUT2D eigenvalue weighted by Crippen LogP contribution is -2.58. The van der Waals surface area contributed by atoms with Crippen molar-refractivity contribution in [1.29, 1.82) is 0 Å². The number of nitrogens with zero attached hydrogens (tertiary/aromatic N) is 5. The molecule has 3 amide bonds. The number of fused-ring (bicyclic) bond motifs is 1. The Morgan fingerprint density at radius 3 is 2.24 bits per heavy atom. The third-order valence-corrected chi connectivity index (χ3v) is 8.10. The zero-order chi connectivity index (χ0) is 27.2. The number of amides is 3. The summed E-state index contributed by atoms with van der Waals surface area (Å²) in [5.74, 6) is 1.40. The van der Waals surface area contributed by atoms with E-state index < -0.39 is 11.2 Å². The summed E-state index contributed by atoms with van der Waals surface area (Å²) >= 11 is 0. The molecule has 5 N–H and O–H groups in total. The van der Waals surface area contributed by atoms with Crippen molar-refractivity contribution >= 4 is 17.8 Å².